The first-order chi connectivity index (χ1) is 13.3. The van der Waals surface area contributed by atoms with Crippen molar-refractivity contribution >= 4 is 40.9 Å². The lowest BCUT2D eigenvalue weighted by Gasteiger charge is -2.19. The summed E-state index contributed by atoms with van der Waals surface area (Å²) in [5.41, 5.74) is 5.66. The van der Waals surface area contributed by atoms with E-state index in [4.69, 9.17) is 10.0 Å². The molecule has 1 radical (unpaired) electrons. The van der Waals surface area contributed by atoms with Crippen LogP contribution in [0.3, 0.4) is 0 Å². The Morgan fingerprint density at radius 1 is 0.704 bits per heavy atom. The lowest BCUT2D eigenvalue weighted by atomic mass is 9.85. The molecule has 0 aromatic heterocycles. The Morgan fingerprint density at radius 2 is 1.41 bits per heavy atom. The Morgan fingerprint density at radius 3 is 2.07 bits per heavy atom. The monoisotopic (exact) mass is 351 g/mol. The maximum atomic E-state index is 7.00. The van der Waals surface area contributed by atoms with Gasteiger partial charge in [-0.3, -0.25) is 0 Å². The minimum atomic E-state index is 0. The molecule has 131 valence electrons. The molecule has 27 heavy (non-hydrogen) atoms. The Bertz CT molecular complexity index is 1120. The van der Waals surface area contributed by atoms with Crippen molar-refractivity contribution in [3.05, 3.63) is 95.6 Å². The second-order valence-electron chi connectivity index (χ2n) is 6.70. The molecule has 2 aliphatic rings. The third kappa shape index (κ3) is 3.52. The highest BCUT2D eigenvalue weighted by Crippen LogP contribution is 2.37. The second-order valence-corrected chi connectivity index (χ2v) is 6.70. The molecule has 0 bridgehead atoms. The normalized spacial score (nSPS) is 17.6. The lowest BCUT2D eigenvalue weighted by Crippen LogP contribution is -1.98. The zero-order valence-electron chi connectivity index (χ0n) is 15.0. The predicted molar refractivity (Wildman–Crippen MR) is 115 cm³/mol. The van der Waals surface area contributed by atoms with Crippen molar-refractivity contribution in [3.8, 4) is 0 Å². The minimum absolute atomic E-state index is 0. The van der Waals surface area contributed by atoms with Crippen molar-refractivity contribution < 1.29 is 10.0 Å². The largest absolute Gasteiger partial charge is 0.482 e. The molecule has 0 unspecified atom stereocenters. The third-order valence-electron chi connectivity index (χ3n) is 5.09. The highest BCUT2D eigenvalue weighted by molar-refractivity contribution is 6.13. The van der Waals surface area contributed by atoms with Gasteiger partial charge in [-0.1, -0.05) is 60.7 Å². The summed E-state index contributed by atoms with van der Waals surface area (Å²) in [5.74, 6) is 0. The SMILES string of the molecule is C1=CCC(=C2CC=Cc3cc4cc5ccccc5cc4cc32)C=C1.O[B]O. The summed E-state index contributed by atoms with van der Waals surface area (Å²) in [7, 11) is 0. The summed E-state index contributed by atoms with van der Waals surface area (Å²) in [5, 5.41) is 19.3. The Labute approximate surface area is 159 Å². The fourth-order valence-electron chi connectivity index (χ4n) is 3.86. The molecule has 0 aliphatic heterocycles. The van der Waals surface area contributed by atoms with Crippen LogP contribution in [0.5, 0.6) is 0 Å². The van der Waals surface area contributed by atoms with Crippen LogP contribution in [0.2, 0.25) is 0 Å². The van der Waals surface area contributed by atoms with E-state index in [9.17, 15) is 0 Å². The fourth-order valence-corrected chi connectivity index (χ4v) is 3.86. The first kappa shape index (κ1) is 17.5. The van der Waals surface area contributed by atoms with E-state index in [-0.39, 0.29) is 7.69 Å². The van der Waals surface area contributed by atoms with Gasteiger partial charge in [0.25, 0.3) is 0 Å². The molecular weight excluding hydrogens is 331 g/mol. The van der Waals surface area contributed by atoms with E-state index in [1.807, 2.05) is 0 Å². The summed E-state index contributed by atoms with van der Waals surface area (Å²) in [4.78, 5) is 0. The molecule has 3 aromatic rings. The van der Waals surface area contributed by atoms with Crippen molar-refractivity contribution in [1.82, 2.24) is 0 Å². The average molecular weight is 351 g/mol. The van der Waals surface area contributed by atoms with E-state index in [1.165, 1.54) is 43.8 Å². The average Bonchev–Trinajstić information content (AvgIpc) is 2.71. The van der Waals surface area contributed by atoms with Gasteiger partial charge in [-0.15, -0.1) is 0 Å². The van der Waals surface area contributed by atoms with Crippen molar-refractivity contribution in [2.45, 2.75) is 12.8 Å². The smallest absolute Gasteiger partial charge is 0.429 e. The molecule has 0 atom stereocenters. The number of allylic oxidation sites excluding steroid dienone is 7. The van der Waals surface area contributed by atoms with Gasteiger partial charge in [0.15, 0.2) is 0 Å². The summed E-state index contributed by atoms with van der Waals surface area (Å²) in [6, 6.07) is 18.0. The van der Waals surface area contributed by atoms with E-state index >= 15 is 0 Å². The van der Waals surface area contributed by atoms with Gasteiger partial charge >= 0.3 is 7.69 Å². The van der Waals surface area contributed by atoms with Crippen LogP contribution in [-0.4, -0.2) is 17.7 Å². The van der Waals surface area contributed by atoms with E-state index in [0.717, 1.165) is 12.8 Å². The molecule has 2 aliphatic carbocycles. The number of benzene rings is 3. The van der Waals surface area contributed by atoms with Crippen LogP contribution in [0.4, 0.5) is 0 Å². The topological polar surface area (TPSA) is 40.5 Å². The number of hydrogen-bond acceptors (Lipinski definition) is 2. The van der Waals surface area contributed by atoms with Crippen LogP contribution in [0.1, 0.15) is 24.0 Å². The van der Waals surface area contributed by atoms with Crippen molar-refractivity contribution in [2.75, 3.05) is 0 Å². The number of hydrogen-bond donors (Lipinski definition) is 2. The molecule has 3 aromatic carbocycles. The zero-order valence-corrected chi connectivity index (χ0v) is 15.0. The highest BCUT2D eigenvalue weighted by atomic mass is 16.4. The van der Waals surface area contributed by atoms with Crippen LogP contribution < -0.4 is 0 Å². The van der Waals surface area contributed by atoms with Crippen LogP contribution in [0, 0.1) is 0 Å². The van der Waals surface area contributed by atoms with E-state index in [2.05, 4.69) is 85.0 Å². The van der Waals surface area contributed by atoms with Gasteiger partial charge in [-0.2, -0.15) is 0 Å². The molecule has 5 rings (SSSR count). The minimum Gasteiger partial charge on any atom is -0.429 e. The molecule has 0 saturated heterocycles. The van der Waals surface area contributed by atoms with E-state index in [1.54, 1.807) is 0 Å². The third-order valence-corrected chi connectivity index (χ3v) is 5.09. The van der Waals surface area contributed by atoms with Crippen LogP contribution in [0.15, 0.2) is 84.5 Å². The van der Waals surface area contributed by atoms with Gasteiger partial charge in [-0.25, -0.2) is 0 Å². The standard InChI is InChI=1S/C24H18.BH2O2/c1-2-7-17(8-3-1)23-12-6-11-20-15-21-13-18-9-4-5-10-19(18)14-22(21)16-24(20)23;2-1-3/h1-7,9-11,13-16H,8,12H2;2-3H. The van der Waals surface area contributed by atoms with Gasteiger partial charge in [-0.05, 0) is 80.9 Å². The van der Waals surface area contributed by atoms with E-state index in [0.29, 0.717) is 0 Å². The number of fused-ring (bicyclic) bond motifs is 3. The van der Waals surface area contributed by atoms with Crippen LogP contribution in [-0.2, 0) is 0 Å². The molecule has 0 heterocycles. The fraction of sp³-hybridized carbons (Fsp3) is 0.0833. The van der Waals surface area contributed by atoms with E-state index < -0.39 is 0 Å². The highest BCUT2D eigenvalue weighted by Gasteiger charge is 2.15. The zero-order chi connectivity index (χ0) is 18.6. The maximum absolute atomic E-state index is 7.00. The van der Waals surface area contributed by atoms with Crippen molar-refractivity contribution in [3.63, 3.8) is 0 Å². The Balaban J connectivity index is 0.000000565. The van der Waals surface area contributed by atoms with Gasteiger partial charge in [0.1, 0.15) is 0 Å². The van der Waals surface area contributed by atoms with Gasteiger partial charge in [0.2, 0.25) is 0 Å². The predicted octanol–water partition coefficient (Wildman–Crippen LogP) is 5.18. The quantitative estimate of drug-likeness (QED) is 0.433. The maximum Gasteiger partial charge on any atom is 0.482 e. The summed E-state index contributed by atoms with van der Waals surface area (Å²) >= 11 is 0. The molecule has 0 saturated carbocycles. The second kappa shape index (κ2) is 7.79. The Hall–Kier alpha value is -2.88. The molecule has 0 fully saturated rings. The first-order valence-corrected chi connectivity index (χ1v) is 9.09. The molecule has 2 N–H and O–H groups in total. The lowest BCUT2D eigenvalue weighted by molar-refractivity contribution is 0.448. The molecule has 3 heteroatoms. The summed E-state index contributed by atoms with van der Waals surface area (Å²) < 4.78 is 0. The van der Waals surface area contributed by atoms with Crippen molar-refractivity contribution in [2.24, 2.45) is 0 Å². The molecule has 2 nitrogen and oxygen atoms in total. The van der Waals surface area contributed by atoms with Gasteiger partial charge in [0.05, 0.1) is 0 Å². The Kier molecular flexibility index (Phi) is 5.06. The molecular formula is C24H20BO2. The van der Waals surface area contributed by atoms with Crippen LogP contribution >= 0.6 is 0 Å². The van der Waals surface area contributed by atoms with Crippen molar-refractivity contribution in [1.29, 1.82) is 0 Å². The van der Waals surface area contributed by atoms with Gasteiger partial charge in [0, 0.05) is 0 Å². The first-order valence-electron chi connectivity index (χ1n) is 9.09. The molecule has 0 spiro atoms. The van der Waals surface area contributed by atoms with Gasteiger partial charge < -0.3 is 10.0 Å². The van der Waals surface area contributed by atoms with Crippen LogP contribution in [0.25, 0.3) is 33.2 Å². The molecule has 0 amide bonds. The number of rotatable bonds is 0. The summed E-state index contributed by atoms with van der Waals surface area (Å²) in [6.45, 7) is 0. The summed E-state index contributed by atoms with van der Waals surface area (Å²) in [6.07, 6.45) is 15.4.